The van der Waals surface area contributed by atoms with Crippen LogP contribution < -0.4 is 5.32 Å². The summed E-state index contributed by atoms with van der Waals surface area (Å²) in [5.41, 5.74) is 0.400. The highest BCUT2D eigenvalue weighted by atomic mass is 79.9. The highest BCUT2D eigenvalue weighted by molar-refractivity contribution is 9.10. The van der Waals surface area contributed by atoms with E-state index in [4.69, 9.17) is 0 Å². The van der Waals surface area contributed by atoms with Crippen LogP contribution in [0.15, 0.2) is 22.9 Å². The Hall–Kier alpha value is -1.23. The van der Waals surface area contributed by atoms with Crippen LogP contribution >= 0.6 is 15.9 Å². The van der Waals surface area contributed by atoms with E-state index < -0.39 is 5.91 Å². The molecule has 0 aliphatic heterocycles. The van der Waals surface area contributed by atoms with Gasteiger partial charge in [0.25, 0.3) is 5.91 Å². The van der Waals surface area contributed by atoms with Gasteiger partial charge in [-0.25, -0.2) is 4.98 Å². The average molecular weight is 243 g/mol. The zero-order valence-corrected chi connectivity index (χ0v) is 8.46. The van der Waals surface area contributed by atoms with Crippen LogP contribution in [0.4, 0.5) is 0 Å². The number of hydrogen-bond donors (Lipinski definition) is 1. The van der Waals surface area contributed by atoms with Gasteiger partial charge in [-0.15, -0.1) is 0 Å². The maximum absolute atomic E-state index is 11.2. The molecule has 1 heterocycles. The second kappa shape index (κ2) is 4.13. The third-order valence-electron chi connectivity index (χ3n) is 1.28. The number of rotatable bonds is 1. The normalized spacial score (nSPS) is 9.38. The van der Waals surface area contributed by atoms with E-state index in [2.05, 4.69) is 26.2 Å². The third-order valence-corrected chi connectivity index (χ3v) is 1.71. The van der Waals surface area contributed by atoms with E-state index in [0.717, 1.165) is 0 Å². The summed E-state index contributed by atoms with van der Waals surface area (Å²) in [5.74, 6) is -0.798. The van der Waals surface area contributed by atoms with Crippen molar-refractivity contribution in [3.8, 4) is 0 Å². The van der Waals surface area contributed by atoms with Crippen LogP contribution in [0.2, 0.25) is 0 Å². The van der Waals surface area contributed by atoms with Crippen molar-refractivity contribution in [3.63, 3.8) is 0 Å². The number of imide groups is 1. The van der Waals surface area contributed by atoms with Gasteiger partial charge in [-0.3, -0.25) is 14.9 Å². The van der Waals surface area contributed by atoms with E-state index in [-0.39, 0.29) is 5.91 Å². The van der Waals surface area contributed by atoms with Gasteiger partial charge in [-0.1, -0.05) is 0 Å². The van der Waals surface area contributed by atoms with E-state index >= 15 is 0 Å². The molecule has 0 aromatic carbocycles. The molecule has 1 N–H and O–H groups in total. The second-order valence-corrected chi connectivity index (χ2v) is 3.19. The zero-order chi connectivity index (χ0) is 9.84. The Morgan fingerprint density at radius 1 is 1.54 bits per heavy atom. The Bertz CT molecular complexity index is 352. The second-order valence-electron chi connectivity index (χ2n) is 2.38. The summed E-state index contributed by atoms with van der Waals surface area (Å²) < 4.78 is 0.559. The first-order valence-corrected chi connectivity index (χ1v) is 4.32. The lowest BCUT2D eigenvalue weighted by atomic mass is 10.2. The SMILES string of the molecule is CC(=O)NC(=O)c1ccnc(Br)c1. The van der Waals surface area contributed by atoms with Crippen LogP contribution in [-0.4, -0.2) is 16.8 Å². The third kappa shape index (κ3) is 2.95. The van der Waals surface area contributed by atoms with Crippen LogP contribution in [0.3, 0.4) is 0 Å². The van der Waals surface area contributed by atoms with Crippen molar-refractivity contribution >= 4 is 27.7 Å². The fraction of sp³-hybridized carbons (Fsp3) is 0.125. The summed E-state index contributed by atoms with van der Waals surface area (Å²) in [7, 11) is 0. The predicted molar refractivity (Wildman–Crippen MR) is 50.1 cm³/mol. The molecule has 4 nitrogen and oxygen atoms in total. The van der Waals surface area contributed by atoms with Crippen molar-refractivity contribution in [1.82, 2.24) is 10.3 Å². The number of amides is 2. The molecule has 0 radical (unpaired) electrons. The molecule has 5 heteroatoms. The number of aromatic nitrogens is 1. The van der Waals surface area contributed by atoms with E-state index in [0.29, 0.717) is 10.2 Å². The molecular formula is C8H7BrN2O2. The lowest BCUT2D eigenvalue weighted by Crippen LogP contribution is -2.27. The van der Waals surface area contributed by atoms with Crippen molar-refractivity contribution in [3.05, 3.63) is 28.5 Å². The van der Waals surface area contributed by atoms with Crippen molar-refractivity contribution in [2.45, 2.75) is 6.92 Å². The first-order chi connectivity index (χ1) is 6.09. The summed E-state index contributed by atoms with van der Waals surface area (Å²) in [4.78, 5) is 25.6. The maximum Gasteiger partial charge on any atom is 0.257 e. The van der Waals surface area contributed by atoms with Gasteiger partial charge < -0.3 is 0 Å². The van der Waals surface area contributed by atoms with Crippen molar-refractivity contribution in [2.24, 2.45) is 0 Å². The molecule has 0 bridgehead atoms. The first-order valence-electron chi connectivity index (χ1n) is 3.53. The fourth-order valence-electron chi connectivity index (χ4n) is 0.776. The molecule has 13 heavy (non-hydrogen) atoms. The molecular weight excluding hydrogens is 236 g/mol. The summed E-state index contributed by atoms with van der Waals surface area (Å²) in [6.07, 6.45) is 1.49. The molecule has 0 aliphatic carbocycles. The van der Waals surface area contributed by atoms with Gasteiger partial charge in [-0.05, 0) is 28.1 Å². The number of halogens is 1. The summed E-state index contributed by atoms with van der Waals surface area (Å²) >= 11 is 3.12. The van der Waals surface area contributed by atoms with Gasteiger partial charge in [0.05, 0.1) is 0 Å². The molecule has 1 aromatic rings. The molecule has 0 saturated heterocycles. The molecule has 0 unspecified atom stereocenters. The van der Waals surface area contributed by atoms with E-state index in [1.807, 2.05) is 0 Å². The number of carbonyl (C=O) groups is 2. The summed E-state index contributed by atoms with van der Waals surface area (Å²) in [5, 5.41) is 2.16. The minimum Gasteiger partial charge on any atom is -0.293 e. The Kier molecular flexibility index (Phi) is 3.13. The average Bonchev–Trinajstić information content (AvgIpc) is 2.03. The fourth-order valence-corrected chi connectivity index (χ4v) is 1.14. The molecule has 0 spiro atoms. The largest absolute Gasteiger partial charge is 0.293 e. The monoisotopic (exact) mass is 242 g/mol. The van der Waals surface area contributed by atoms with Gasteiger partial charge in [0.1, 0.15) is 4.60 Å². The quantitative estimate of drug-likeness (QED) is 0.752. The van der Waals surface area contributed by atoms with Gasteiger partial charge in [0.2, 0.25) is 5.91 Å². The lowest BCUT2D eigenvalue weighted by molar-refractivity contribution is -0.118. The summed E-state index contributed by atoms with van der Waals surface area (Å²) in [6, 6.07) is 3.07. The minimum absolute atomic E-state index is 0.377. The van der Waals surface area contributed by atoms with Crippen LogP contribution in [0.5, 0.6) is 0 Å². The Labute approximate surface area is 83.5 Å². The van der Waals surface area contributed by atoms with Gasteiger partial charge in [0, 0.05) is 18.7 Å². The van der Waals surface area contributed by atoms with Gasteiger partial charge in [-0.2, -0.15) is 0 Å². The topological polar surface area (TPSA) is 59.1 Å². The summed E-state index contributed by atoms with van der Waals surface area (Å²) in [6.45, 7) is 1.29. The molecule has 2 amide bonds. The molecule has 68 valence electrons. The number of nitrogens with zero attached hydrogens (tertiary/aromatic N) is 1. The molecule has 0 saturated carbocycles. The predicted octanol–water partition coefficient (Wildman–Crippen LogP) is 1.12. The van der Waals surface area contributed by atoms with Crippen molar-refractivity contribution in [1.29, 1.82) is 0 Å². The van der Waals surface area contributed by atoms with Crippen LogP contribution in [-0.2, 0) is 4.79 Å². The standard InChI is InChI=1S/C8H7BrN2O2/c1-5(12)11-8(13)6-2-3-10-7(9)4-6/h2-4H,1H3,(H,11,12,13). The smallest absolute Gasteiger partial charge is 0.257 e. The van der Waals surface area contributed by atoms with Crippen LogP contribution in [0.25, 0.3) is 0 Å². The first kappa shape index (κ1) is 9.85. The Morgan fingerprint density at radius 3 is 2.77 bits per heavy atom. The number of pyridine rings is 1. The Morgan fingerprint density at radius 2 is 2.23 bits per heavy atom. The van der Waals surface area contributed by atoms with Crippen LogP contribution in [0.1, 0.15) is 17.3 Å². The van der Waals surface area contributed by atoms with E-state index in [1.54, 1.807) is 0 Å². The molecule has 0 atom stereocenters. The number of nitrogens with one attached hydrogen (secondary N) is 1. The zero-order valence-electron chi connectivity index (χ0n) is 6.87. The molecule has 0 aliphatic rings. The highest BCUT2D eigenvalue weighted by Gasteiger charge is 2.06. The van der Waals surface area contributed by atoms with Crippen molar-refractivity contribution < 1.29 is 9.59 Å². The van der Waals surface area contributed by atoms with Gasteiger partial charge in [0.15, 0.2) is 0 Å². The molecule has 0 fully saturated rings. The number of carbonyl (C=O) groups excluding carboxylic acids is 2. The lowest BCUT2D eigenvalue weighted by Gasteiger charge is -2.00. The minimum atomic E-state index is -0.421. The van der Waals surface area contributed by atoms with Crippen molar-refractivity contribution in [2.75, 3.05) is 0 Å². The van der Waals surface area contributed by atoms with E-state index in [1.165, 1.54) is 25.3 Å². The molecule has 1 rings (SSSR count). The van der Waals surface area contributed by atoms with Gasteiger partial charge >= 0.3 is 0 Å². The number of hydrogen-bond acceptors (Lipinski definition) is 3. The maximum atomic E-state index is 11.2. The van der Waals surface area contributed by atoms with Crippen LogP contribution in [0, 0.1) is 0 Å². The van der Waals surface area contributed by atoms with E-state index in [9.17, 15) is 9.59 Å². The Balaban J connectivity index is 2.83. The highest BCUT2D eigenvalue weighted by Crippen LogP contribution is 2.07. The molecule has 1 aromatic heterocycles.